The number of ether oxygens (including phenoxy) is 2. The summed E-state index contributed by atoms with van der Waals surface area (Å²) in [5.41, 5.74) is 1.09. The van der Waals surface area contributed by atoms with Gasteiger partial charge in [-0.05, 0) is 51.0 Å². The maximum atomic E-state index is 12.1. The second kappa shape index (κ2) is 10.2. The minimum Gasteiger partial charge on any atom is -0.465 e. The number of esters is 2. The minimum atomic E-state index is -3.05. The summed E-state index contributed by atoms with van der Waals surface area (Å²) in [7, 11) is -0.485. The summed E-state index contributed by atoms with van der Waals surface area (Å²) in [5.74, 6) is -0.846. The summed E-state index contributed by atoms with van der Waals surface area (Å²) in [6.45, 7) is 5.18. The molecule has 0 fully saturated rings. The van der Waals surface area contributed by atoms with Gasteiger partial charge in [0.1, 0.15) is 4.88 Å². The van der Waals surface area contributed by atoms with Crippen LogP contribution in [0, 0.1) is 0 Å². The van der Waals surface area contributed by atoms with Crippen molar-refractivity contribution in [1.82, 2.24) is 0 Å². The highest BCUT2D eigenvalue weighted by molar-refractivity contribution is 7.92. The largest absolute Gasteiger partial charge is 0.465 e. The third-order valence-electron chi connectivity index (χ3n) is 4.42. The number of hydrogen-bond acceptors (Lipinski definition) is 7. The molecular formula is C19H30O6S2. The molecule has 1 heterocycles. The van der Waals surface area contributed by atoms with Crippen LogP contribution in [0.3, 0.4) is 0 Å². The minimum absolute atomic E-state index is 0.218. The summed E-state index contributed by atoms with van der Waals surface area (Å²) >= 11 is 1.19. The lowest BCUT2D eigenvalue weighted by Gasteiger charge is -2.18. The molecule has 8 heteroatoms. The van der Waals surface area contributed by atoms with Crippen molar-refractivity contribution < 1.29 is 27.5 Å². The van der Waals surface area contributed by atoms with Gasteiger partial charge in [-0.3, -0.25) is 0 Å². The highest BCUT2D eigenvalue weighted by Gasteiger charge is 2.28. The molecule has 0 spiro atoms. The van der Waals surface area contributed by atoms with E-state index >= 15 is 0 Å². The Hall–Kier alpha value is -1.41. The van der Waals surface area contributed by atoms with Crippen LogP contribution in [0.5, 0.6) is 0 Å². The third kappa shape index (κ3) is 6.60. The first-order valence-corrected chi connectivity index (χ1v) is 11.6. The van der Waals surface area contributed by atoms with E-state index in [1.54, 1.807) is 26.2 Å². The average molecular weight is 419 g/mol. The van der Waals surface area contributed by atoms with Gasteiger partial charge in [-0.15, -0.1) is 11.3 Å². The molecule has 1 aromatic heterocycles. The fraction of sp³-hybridized carbons (Fsp3) is 0.684. The number of carbonyl (C=O) groups excluding carboxylic acids is 2. The van der Waals surface area contributed by atoms with Crippen molar-refractivity contribution in [2.75, 3.05) is 20.0 Å². The molecule has 0 saturated heterocycles. The van der Waals surface area contributed by atoms with Crippen LogP contribution < -0.4 is 0 Å². The van der Waals surface area contributed by atoms with Gasteiger partial charge in [0.2, 0.25) is 0 Å². The Morgan fingerprint density at radius 1 is 0.963 bits per heavy atom. The zero-order valence-electron chi connectivity index (χ0n) is 16.8. The maximum absolute atomic E-state index is 12.1. The molecule has 0 aliphatic rings. The molecule has 0 bridgehead atoms. The summed E-state index contributed by atoms with van der Waals surface area (Å²) < 4.78 is 32.9. The fourth-order valence-corrected chi connectivity index (χ4v) is 4.79. The smallest absolute Gasteiger partial charge is 0.348 e. The topological polar surface area (TPSA) is 86.7 Å². The lowest BCUT2D eigenvalue weighted by molar-refractivity contribution is 0.0559. The van der Waals surface area contributed by atoms with Gasteiger partial charge in [0.05, 0.1) is 30.3 Å². The van der Waals surface area contributed by atoms with Gasteiger partial charge in [0, 0.05) is 0 Å². The van der Waals surface area contributed by atoms with Gasteiger partial charge in [-0.1, -0.05) is 19.3 Å². The number of thiophene rings is 1. The van der Waals surface area contributed by atoms with Crippen LogP contribution in [-0.4, -0.2) is 45.1 Å². The average Bonchev–Trinajstić information content (AvgIpc) is 3.02. The first-order chi connectivity index (χ1) is 12.5. The van der Waals surface area contributed by atoms with E-state index in [0.717, 1.165) is 31.2 Å². The molecule has 6 nitrogen and oxygen atoms in total. The van der Waals surface area contributed by atoms with Crippen LogP contribution >= 0.6 is 11.3 Å². The number of aryl methyl sites for hydroxylation is 1. The van der Waals surface area contributed by atoms with E-state index in [1.165, 1.54) is 25.6 Å². The predicted octanol–water partition coefficient (Wildman–Crippen LogP) is 4.03. The van der Waals surface area contributed by atoms with E-state index in [9.17, 15) is 18.0 Å². The first kappa shape index (κ1) is 23.6. The number of rotatable bonds is 10. The Morgan fingerprint density at radius 2 is 1.52 bits per heavy atom. The van der Waals surface area contributed by atoms with Gasteiger partial charge < -0.3 is 9.47 Å². The van der Waals surface area contributed by atoms with Crippen molar-refractivity contribution in [2.45, 2.75) is 64.0 Å². The fourth-order valence-electron chi connectivity index (χ4n) is 2.59. The van der Waals surface area contributed by atoms with Crippen LogP contribution in [0.25, 0.3) is 0 Å². The van der Waals surface area contributed by atoms with Gasteiger partial charge in [-0.2, -0.15) is 0 Å². The summed E-state index contributed by atoms with van der Waals surface area (Å²) in [6, 6.07) is 0. The molecule has 27 heavy (non-hydrogen) atoms. The van der Waals surface area contributed by atoms with Gasteiger partial charge in [0.25, 0.3) is 0 Å². The Labute approximate surface area is 166 Å². The van der Waals surface area contributed by atoms with Crippen LogP contribution in [-0.2, 0) is 25.7 Å². The standard InChI is InChI=1S/C19H30O6S2/c1-19(2,3)27(22,23)12-10-8-6-7-9-11-14-13-26-16(18(21)25-5)15(14)17(20)24-4/h13H,6-12H2,1-5H3. The zero-order chi connectivity index (χ0) is 20.7. The van der Waals surface area contributed by atoms with E-state index in [1.807, 2.05) is 0 Å². The first-order valence-electron chi connectivity index (χ1n) is 9.04. The normalized spacial score (nSPS) is 12.0. The number of unbranched alkanes of at least 4 members (excludes halogenated alkanes) is 4. The molecule has 0 aliphatic heterocycles. The molecule has 154 valence electrons. The van der Waals surface area contributed by atoms with E-state index in [2.05, 4.69) is 0 Å². The Balaban J connectivity index is 2.48. The second-order valence-corrected chi connectivity index (χ2v) is 11.1. The number of hydrogen-bond donors (Lipinski definition) is 0. The summed E-state index contributed by atoms with van der Waals surface area (Å²) in [6.07, 6.45) is 4.90. The van der Waals surface area contributed by atoms with Crippen molar-refractivity contribution in [3.05, 3.63) is 21.4 Å². The van der Waals surface area contributed by atoms with Crippen molar-refractivity contribution in [2.24, 2.45) is 0 Å². The molecule has 0 aliphatic carbocycles. The van der Waals surface area contributed by atoms with E-state index in [-0.39, 0.29) is 10.6 Å². The number of methoxy groups -OCH3 is 2. The van der Waals surface area contributed by atoms with E-state index in [4.69, 9.17) is 9.47 Å². The maximum Gasteiger partial charge on any atom is 0.348 e. The van der Waals surface area contributed by atoms with Crippen molar-refractivity contribution >= 4 is 33.1 Å². The number of sulfone groups is 1. The molecule has 0 saturated carbocycles. The molecule has 0 N–H and O–H groups in total. The molecule has 0 unspecified atom stereocenters. The summed E-state index contributed by atoms with van der Waals surface area (Å²) in [5, 5.41) is 1.80. The van der Waals surface area contributed by atoms with Crippen LogP contribution in [0.4, 0.5) is 0 Å². The molecule has 0 radical (unpaired) electrons. The Kier molecular flexibility index (Phi) is 8.94. The quantitative estimate of drug-likeness (QED) is 0.421. The van der Waals surface area contributed by atoms with Gasteiger partial charge in [0.15, 0.2) is 9.84 Å². The van der Waals surface area contributed by atoms with Crippen LogP contribution in [0.1, 0.15) is 78.5 Å². The highest BCUT2D eigenvalue weighted by Crippen LogP contribution is 2.26. The van der Waals surface area contributed by atoms with Crippen molar-refractivity contribution in [1.29, 1.82) is 0 Å². The summed E-state index contributed by atoms with van der Waals surface area (Å²) in [4.78, 5) is 24.1. The lowest BCUT2D eigenvalue weighted by Crippen LogP contribution is -2.30. The van der Waals surface area contributed by atoms with E-state index < -0.39 is 26.5 Å². The molecule has 1 rings (SSSR count). The van der Waals surface area contributed by atoms with Gasteiger partial charge in [-0.25, -0.2) is 18.0 Å². The Bertz CT molecular complexity index is 741. The molecule has 0 amide bonds. The van der Waals surface area contributed by atoms with Crippen molar-refractivity contribution in [3.63, 3.8) is 0 Å². The molecule has 1 aromatic rings. The van der Waals surface area contributed by atoms with E-state index in [0.29, 0.717) is 18.4 Å². The predicted molar refractivity (Wildman–Crippen MR) is 107 cm³/mol. The monoisotopic (exact) mass is 418 g/mol. The second-order valence-electron chi connectivity index (χ2n) is 7.40. The van der Waals surface area contributed by atoms with Gasteiger partial charge >= 0.3 is 11.9 Å². The Morgan fingerprint density at radius 3 is 2.07 bits per heavy atom. The zero-order valence-corrected chi connectivity index (χ0v) is 18.4. The van der Waals surface area contributed by atoms with Crippen LogP contribution in [0.15, 0.2) is 5.38 Å². The SMILES string of the molecule is COC(=O)c1scc(CCCCCCCS(=O)(=O)C(C)(C)C)c1C(=O)OC. The highest BCUT2D eigenvalue weighted by atomic mass is 32.2. The molecular weight excluding hydrogens is 388 g/mol. The van der Waals surface area contributed by atoms with Crippen molar-refractivity contribution in [3.8, 4) is 0 Å². The molecule has 0 atom stereocenters. The molecule has 0 aromatic carbocycles. The number of carbonyl (C=O) groups is 2. The lowest BCUT2D eigenvalue weighted by atomic mass is 10.0. The van der Waals surface area contributed by atoms with Crippen LogP contribution in [0.2, 0.25) is 0 Å². The third-order valence-corrected chi connectivity index (χ3v) is 8.12.